The minimum absolute atomic E-state index is 0.0531. The molecule has 2 aromatic rings. The van der Waals surface area contributed by atoms with Crippen LogP contribution in [0.4, 0.5) is 5.69 Å². The van der Waals surface area contributed by atoms with Crippen molar-refractivity contribution >= 4 is 35.0 Å². The Kier molecular flexibility index (Phi) is 3.87. The van der Waals surface area contributed by atoms with Gasteiger partial charge in [0, 0.05) is 10.7 Å². The second-order valence-electron chi connectivity index (χ2n) is 4.64. The van der Waals surface area contributed by atoms with E-state index < -0.39 is 0 Å². The molecule has 1 atom stereocenters. The lowest BCUT2D eigenvalue weighted by Gasteiger charge is -2.24. The number of thioether (sulfide) groups is 1. The van der Waals surface area contributed by atoms with Gasteiger partial charge in [0.1, 0.15) is 5.37 Å². The number of nitriles is 1. The summed E-state index contributed by atoms with van der Waals surface area (Å²) >= 11 is 7.51. The summed E-state index contributed by atoms with van der Waals surface area (Å²) in [5.74, 6) is 0.525. The smallest absolute Gasteiger partial charge is 0.238 e. The van der Waals surface area contributed by atoms with E-state index in [2.05, 4.69) is 6.07 Å². The lowest BCUT2D eigenvalue weighted by molar-refractivity contribution is -0.115. The number of rotatable bonds is 2. The molecule has 1 heterocycles. The molecule has 1 saturated heterocycles. The van der Waals surface area contributed by atoms with Crippen molar-refractivity contribution in [3.8, 4) is 6.07 Å². The van der Waals surface area contributed by atoms with Gasteiger partial charge in [-0.25, -0.2) is 0 Å². The van der Waals surface area contributed by atoms with E-state index >= 15 is 0 Å². The molecule has 0 radical (unpaired) electrons. The van der Waals surface area contributed by atoms with E-state index in [4.69, 9.17) is 16.9 Å². The first-order valence-electron chi connectivity index (χ1n) is 6.38. The fraction of sp³-hybridized carbons (Fsp3) is 0.125. The third-order valence-corrected chi connectivity index (χ3v) is 4.76. The second-order valence-corrected chi connectivity index (χ2v) is 6.14. The fourth-order valence-electron chi connectivity index (χ4n) is 2.27. The summed E-state index contributed by atoms with van der Waals surface area (Å²) in [7, 11) is 0. The predicted molar refractivity (Wildman–Crippen MR) is 85.3 cm³/mol. The Hall–Kier alpha value is -1.96. The molecule has 0 aliphatic carbocycles. The molecule has 1 aliphatic rings. The molecule has 1 aliphatic heterocycles. The zero-order valence-corrected chi connectivity index (χ0v) is 12.6. The third kappa shape index (κ3) is 2.76. The van der Waals surface area contributed by atoms with Gasteiger partial charge in [0.05, 0.1) is 17.4 Å². The number of carbonyl (C=O) groups is 1. The van der Waals surface area contributed by atoms with Gasteiger partial charge in [0.2, 0.25) is 5.91 Å². The summed E-state index contributed by atoms with van der Waals surface area (Å²) in [6, 6.07) is 16.7. The van der Waals surface area contributed by atoms with Gasteiger partial charge in [0.25, 0.3) is 0 Å². The number of nitrogens with zero attached hydrogens (tertiary/aromatic N) is 2. The van der Waals surface area contributed by atoms with Gasteiger partial charge in [0.15, 0.2) is 0 Å². The van der Waals surface area contributed by atoms with Crippen LogP contribution < -0.4 is 4.90 Å². The summed E-state index contributed by atoms with van der Waals surface area (Å²) in [6.45, 7) is 0. The normalized spacial score (nSPS) is 17.8. The number of halogens is 1. The first kappa shape index (κ1) is 14.0. The average Bonchev–Trinajstić information content (AvgIpc) is 2.90. The van der Waals surface area contributed by atoms with Crippen molar-refractivity contribution in [3.63, 3.8) is 0 Å². The first-order valence-corrected chi connectivity index (χ1v) is 7.81. The molecule has 0 spiro atoms. The quantitative estimate of drug-likeness (QED) is 0.842. The molecule has 0 saturated carbocycles. The van der Waals surface area contributed by atoms with Crippen molar-refractivity contribution in [1.82, 2.24) is 0 Å². The summed E-state index contributed by atoms with van der Waals surface area (Å²) in [4.78, 5) is 14.0. The summed E-state index contributed by atoms with van der Waals surface area (Å²) in [5, 5.41) is 9.48. The largest absolute Gasteiger partial charge is 0.295 e. The van der Waals surface area contributed by atoms with Crippen LogP contribution in [0.25, 0.3) is 0 Å². The molecule has 1 unspecified atom stereocenters. The molecular formula is C16H11ClN2OS. The Labute approximate surface area is 132 Å². The minimum Gasteiger partial charge on any atom is -0.295 e. The maximum atomic E-state index is 12.2. The molecule has 3 rings (SSSR count). The molecular weight excluding hydrogens is 304 g/mol. The Morgan fingerprint density at radius 1 is 1.14 bits per heavy atom. The van der Waals surface area contributed by atoms with E-state index in [1.165, 1.54) is 0 Å². The predicted octanol–water partition coefficient (Wildman–Crippen LogP) is 3.99. The zero-order valence-electron chi connectivity index (χ0n) is 11.0. The first-order chi connectivity index (χ1) is 10.2. The molecule has 5 heteroatoms. The summed E-state index contributed by atoms with van der Waals surface area (Å²) in [5.41, 5.74) is 2.43. The van der Waals surface area contributed by atoms with Gasteiger partial charge >= 0.3 is 0 Å². The SMILES string of the molecule is N#Cc1ccc(N2C(=O)CSC2c2ccc(Cl)cc2)cc1. The van der Waals surface area contributed by atoms with E-state index in [0.29, 0.717) is 16.3 Å². The Balaban J connectivity index is 1.95. The Morgan fingerprint density at radius 3 is 2.43 bits per heavy atom. The van der Waals surface area contributed by atoms with Gasteiger partial charge in [-0.05, 0) is 42.0 Å². The summed E-state index contributed by atoms with van der Waals surface area (Å²) in [6.07, 6.45) is 0. The van der Waals surface area contributed by atoms with Gasteiger partial charge in [-0.2, -0.15) is 5.26 Å². The molecule has 0 bridgehead atoms. The standard InChI is InChI=1S/C16H11ClN2OS/c17-13-5-3-12(4-6-13)16-19(15(20)10-21-16)14-7-1-11(9-18)2-8-14/h1-8,16H,10H2. The lowest BCUT2D eigenvalue weighted by atomic mass is 10.1. The Morgan fingerprint density at radius 2 is 1.81 bits per heavy atom. The molecule has 21 heavy (non-hydrogen) atoms. The average molecular weight is 315 g/mol. The van der Waals surface area contributed by atoms with Crippen LogP contribution in [0.2, 0.25) is 5.02 Å². The van der Waals surface area contributed by atoms with Crippen LogP contribution in [0.15, 0.2) is 48.5 Å². The van der Waals surface area contributed by atoms with Crippen LogP contribution in [0.5, 0.6) is 0 Å². The van der Waals surface area contributed by atoms with Crippen LogP contribution >= 0.6 is 23.4 Å². The summed E-state index contributed by atoms with van der Waals surface area (Å²) < 4.78 is 0. The van der Waals surface area contributed by atoms with Gasteiger partial charge in [-0.1, -0.05) is 23.7 Å². The maximum Gasteiger partial charge on any atom is 0.238 e. The topological polar surface area (TPSA) is 44.1 Å². The molecule has 3 nitrogen and oxygen atoms in total. The van der Waals surface area contributed by atoms with E-state index in [-0.39, 0.29) is 11.3 Å². The fourth-order valence-corrected chi connectivity index (χ4v) is 3.58. The number of benzene rings is 2. The number of amides is 1. The number of hydrogen-bond donors (Lipinski definition) is 0. The number of anilines is 1. The van der Waals surface area contributed by atoms with Crippen molar-refractivity contribution in [1.29, 1.82) is 5.26 Å². The van der Waals surface area contributed by atoms with Gasteiger partial charge in [-0.3, -0.25) is 9.69 Å². The van der Waals surface area contributed by atoms with Gasteiger partial charge in [-0.15, -0.1) is 11.8 Å². The van der Waals surface area contributed by atoms with Crippen LogP contribution in [0, 0.1) is 11.3 Å². The minimum atomic E-state index is -0.0531. The number of hydrogen-bond acceptors (Lipinski definition) is 3. The Bertz CT molecular complexity index is 707. The molecule has 2 aromatic carbocycles. The van der Waals surface area contributed by atoms with Crippen molar-refractivity contribution in [2.75, 3.05) is 10.7 Å². The van der Waals surface area contributed by atoms with Crippen molar-refractivity contribution in [2.45, 2.75) is 5.37 Å². The monoisotopic (exact) mass is 314 g/mol. The van der Waals surface area contributed by atoms with E-state index in [9.17, 15) is 4.79 Å². The second kappa shape index (κ2) is 5.80. The van der Waals surface area contributed by atoms with Crippen molar-refractivity contribution < 1.29 is 4.79 Å². The van der Waals surface area contributed by atoms with E-state index in [0.717, 1.165) is 11.3 Å². The van der Waals surface area contributed by atoms with Gasteiger partial charge < -0.3 is 0 Å². The highest BCUT2D eigenvalue weighted by atomic mass is 35.5. The lowest BCUT2D eigenvalue weighted by Crippen LogP contribution is -2.27. The van der Waals surface area contributed by atoms with Crippen molar-refractivity contribution in [2.24, 2.45) is 0 Å². The molecule has 1 fully saturated rings. The molecule has 1 amide bonds. The highest BCUT2D eigenvalue weighted by Gasteiger charge is 2.33. The van der Waals surface area contributed by atoms with Crippen LogP contribution in [-0.2, 0) is 4.79 Å². The molecule has 104 valence electrons. The molecule has 0 N–H and O–H groups in total. The highest BCUT2D eigenvalue weighted by molar-refractivity contribution is 8.00. The van der Waals surface area contributed by atoms with Crippen molar-refractivity contribution in [3.05, 3.63) is 64.7 Å². The van der Waals surface area contributed by atoms with E-state index in [1.807, 2.05) is 36.4 Å². The van der Waals surface area contributed by atoms with Crippen LogP contribution in [0.1, 0.15) is 16.5 Å². The van der Waals surface area contributed by atoms with E-state index in [1.54, 1.807) is 28.8 Å². The molecule has 0 aromatic heterocycles. The van der Waals surface area contributed by atoms with Crippen LogP contribution in [-0.4, -0.2) is 11.7 Å². The third-order valence-electron chi connectivity index (χ3n) is 3.30. The number of carbonyl (C=O) groups excluding carboxylic acids is 1. The highest BCUT2D eigenvalue weighted by Crippen LogP contribution is 2.41. The maximum absolute atomic E-state index is 12.2. The zero-order chi connectivity index (χ0) is 14.8. The van der Waals surface area contributed by atoms with Crippen LogP contribution in [0.3, 0.4) is 0 Å².